The van der Waals surface area contributed by atoms with Crippen molar-refractivity contribution in [3.05, 3.63) is 17.8 Å². The van der Waals surface area contributed by atoms with Crippen molar-refractivity contribution in [2.24, 2.45) is 0 Å². The number of rotatable bonds is 1. The van der Waals surface area contributed by atoms with Gasteiger partial charge in [-0.25, -0.2) is 9.78 Å². The molecule has 6 heteroatoms. The van der Waals surface area contributed by atoms with Gasteiger partial charge >= 0.3 is 5.97 Å². The number of anilines is 1. The van der Waals surface area contributed by atoms with E-state index in [1.165, 1.54) is 7.11 Å². The third-order valence-corrected chi connectivity index (χ3v) is 1.83. The first-order chi connectivity index (χ1) is 6.72. The number of ether oxygens (including phenoxy) is 1. The van der Waals surface area contributed by atoms with E-state index in [4.69, 9.17) is 5.73 Å². The number of aromatic amines is 1. The van der Waals surface area contributed by atoms with E-state index < -0.39 is 5.97 Å². The lowest BCUT2D eigenvalue weighted by Crippen LogP contribution is -2.03. The summed E-state index contributed by atoms with van der Waals surface area (Å²) in [5.41, 5.74) is 6.92. The molecule has 0 fully saturated rings. The Balaban J connectivity index is 2.60. The number of fused-ring (bicyclic) bond motifs is 1. The summed E-state index contributed by atoms with van der Waals surface area (Å²) < 4.78 is 4.53. The predicted octanol–water partition coefficient (Wildman–Crippen LogP) is 0.327. The number of nitrogen functional groups attached to an aromatic ring is 1. The fourth-order valence-electron chi connectivity index (χ4n) is 1.14. The van der Waals surface area contributed by atoms with Crippen molar-refractivity contribution < 1.29 is 9.53 Å². The zero-order chi connectivity index (χ0) is 10.1. The summed E-state index contributed by atoms with van der Waals surface area (Å²) in [6.45, 7) is 0. The second kappa shape index (κ2) is 2.99. The Labute approximate surface area is 79.1 Å². The zero-order valence-corrected chi connectivity index (χ0v) is 7.44. The predicted molar refractivity (Wildman–Crippen MR) is 49.6 cm³/mol. The van der Waals surface area contributed by atoms with Crippen LogP contribution in [0.25, 0.3) is 11.0 Å². The van der Waals surface area contributed by atoms with Crippen LogP contribution in [-0.4, -0.2) is 28.3 Å². The van der Waals surface area contributed by atoms with Crippen molar-refractivity contribution in [2.45, 2.75) is 0 Å². The fourth-order valence-corrected chi connectivity index (χ4v) is 1.14. The standard InChI is InChI=1S/C8H8N4O2/c1-14-8(13)5-3-2-4-6(10-5)7(9)12-11-4/h2-3H,1H3,(H3,9,11,12). The smallest absolute Gasteiger partial charge is 0.356 e. The van der Waals surface area contributed by atoms with Crippen LogP contribution in [0.3, 0.4) is 0 Å². The Morgan fingerprint density at radius 3 is 3.07 bits per heavy atom. The highest BCUT2D eigenvalue weighted by Gasteiger charge is 2.10. The molecule has 0 aliphatic carbocycles. The number of hydrogen-bond acceptors (Lipinski definition) is 5. The minimum Gasteiger partial charge on any atom is -0.464 e. The summed E-state index contributed by atoms with van der Waals surface area (Å²) in [4.78, 5) is 15.1. The molecule has 2 aromatic rings. The van der Waals surface area contributed by atoms with E-state index >= 15 is 0 Å². The van der Waals surface area contributed by atoms with Gasteiger partial charge in [-0.1, -0.05) is 0 Å². The number of H-pyrrole nitrogens is 1. The van der Waals surface area contributed by atoms with Crippen molar-refractivity contribution in [3.8, 4) is 0 Å². The number of pyridine rings is 1. The molecule has 0 aliphatic heterocycles. The number of carbonyl (C=O) groups excluding carboxylic acids is 1. The van der Waals surface area contributed by atoms with Crippen LogP contribution in [0, 0.1) is 0 Å². The van der Waals surface area contributed by atoms with Crippen molar-refractivity contribution in [3.63, 3.8) is 0 Å². The van der Waals surface area contributed by atoms with E-state index in [9.17, 15) is 4.79 Å². The van der Waals surface area contributed by atoms with Gasteiger partial charge in [0.2, 0.25) is 0 Å². The van der Waals surface area contributed by atoms with Crippen LogP contribution in [0.2, 0.25) is 0 Å². The monoisotopic (exact) mass is 192 g/mol. The Hall–Kier alpha value is -2.11. The van der Waals surface area contributed by atoms with Crippen molar-refractivity contribution in [1.82, 2.24) is 15.2 Å². The minimum atomic E-state index is -0.493. The molecule has 0 amide bonds. The molecular weight excluding hydrogens is 184 g/mol. The largest absolute Gasteiger partial charge is 0.464 e. The zero-order valence-electron chi connectivity index (χ0n) is 7.44. The number of aromatic nitrogens is 3. The highest BCUT2D eigenvalue weighted by molar-refractivity contribution is 5.92. The quantitative estimate of drug-likeness (QED) is 0.635. The van der Waals surface area contributed by atoms with Gasteiger partial charge in [-0.2, -0.15) is 5.10 Å². The number of methoxy groups -OCH3 is 1. The van der Waals surface area contributed by atoms with Gasteiger partial charge in [-0.3, -0.25) is 5.10 Å². The van der Waals surface area contributed by atoms with E-state index in [-0.39, 0.29) is 11.5 Å². The van der Waals surface area contributed by atoms with Gasteiger partial charge in [0.05, 0.1) is 12.6 Å². The first kappa shape index (κ1) is 8.49. The molecular formula is C8H8N4O2. The average molecular weight is 192 g/mol. The minimum absolute atomic E-state index is 0.216. The summed E-state index contributed by atoms with van der Waals surface area (Å²) in [6, 6.07) is 3.23. The number of hydrogen-bond donors (Lipinski definition) is 2. The maximum Gasteiger partial charge on any atom is 0.356 e. The van der Waals surface area contributed by atoms with Crippen LogP contribution in [0.5, 0.6) is 0 Å². The maximum absolute atomic E-state index is 11.1. The molecule has 2 rings (SSSR count). The second-order valence-electron chi connectivity index (χ2n) is 2.69. The van der Waals surface area contributed by atoms with Crippen molar-refractivity contribution in [2.75, 3.05) is 12.8 Å². The van der Waals surface area contributed by atoms with Gasteiger partial charge in [0.1, 0.15) is 11.2 Å². The first-order valence-corrected chi connectivity index (χ1v) is 3.91. The number of nitrogens with one attached hydrogen (secondary N) is 1. The Bertz CT molecular complexity index is 491. The van der Waals surface area contributed by atoms with Gasteiger partial charge in [-0.15, -0.1) is 0 Å². The maximum atomic E-state index is 11.1. The molecule has 3 N–H and O–H groups in total. The molecule has 6 nitrogen and oxygen atoms in total. The average Bonchev–Trinajstić information content (AvgIpc) is 2.59. The summed E-state index contributed by atoms with van der Waals surface area (Å²) in [5.74, 6) is -0.224. The van der Waals surface area contributed by atoms with Crippen LogP contribution in [-0.2, 0) is 4.74 Å². The van der Waals surface area contributed by atoms with Crippen LogP contribution in [0.1, 0.15) is 10.5 Å². The van der Waals surface area contributed by atoms with Crippen LogP contribution >= 0.6 is 0 Å². The lowest BCUT2D eigenvalue weighted by molar-refractivity contribution is 0.0594. The highest BCUT2D eigenvalue weighted by atomic mass is 16.5. The van der Waals surface area contributed by atoms with E-state index in [0.717, 1.165) is 0 Å². The van der Waals surface area contributed by atoms with Gasteiger partial charge in [0, 0.05) is 0 Å². The topological polar surface area (TPSA) is 93.9 Å². The van der Waals surface area contributed by atoms with Crippen LogP contribution in [0.4, 0.5) is 5.82 Å². The molecule has 0 radical (unpaired) electrons. The van der Waals surface area contributed by atoms with Gasteiger partial charge in [0.25, 0.3) is 0 Å². The SMILES string of the molecule is COC(=O)c1ccc2[nH]nc(N)c2n1. The molecule has 0 bridgehead atoms. The van der Waals surface area contributed by atoms with Gasteiger partial charge in [-0.05, 0) is 12.1 Å². The Morgan fingerprint density at radius 1 is 1.57 bits per heavy atom. The van der Waals surface area contributed by atoms with E-state index in [1.807, 2.05) is 0 Å². The molecule has 0 atom stereocenters. The second-order valence-corrected chi connectivity index (χ2v) is 2.69. The van der Waals surface area contributed by atoms with Crippen LogP contribution in [0.15, 0.2) is 12.1 Å². The van der Waals surface area contributed by atoms with Crippen molar-refractivity contribution >= 4 is 22.8 Å². The van der Waals surface area contributed by atoms with Crippen LogP contribution < -0.4 is 5.73 Å². The number of esters is 1. The third kappa shape index (κ3) is 1.17. The highest BCUT2D eigenvalue weighted by Crippen LogP contribution is 2.15. The molecule has 0 aliphatic rings. The third-order valence-electron chi connectivity index (χ3n) is 1.83. The molecule has 2 aromatic heterocycles. The molecule has 2 heterocycles. The Kier molecular flexibility index (Phi) is 1.81. The Morgan fingerprint density at radius 2 is 2.36 bits per heavy atom. The lowest BCUT2D eigenvalue weighted by atomic mass is 10.3. The van der Waals surface area contributed by atoms with Crippen molar-refractivity contribution in [1.29, 1.82) is 0 Å². The molecule has 72 valence electrons. The van der Waals surface area contributed by atoms with Gasteiger partial charge in [0.15, 0.2) is 5.82 Å². The molecule has 0 unspecified atom stereocenters. The molecule has 0 saturated heterocycles. The van der Waals surface area contributed by atoms with E-state index in [2.05, 4.69) is 19.9 Å². The molecule has 14 heavy (non-hydrogen) atoms. The summed E-state index contributed by atoms with van der Waals surface area (Å²) in [6.07, 6.45) is 0. The van der Waals surface area contributed by atoms with Gasteiger partial charge < -0.3 is 10.5 Å². The summed E-state index contributed by atoms with van der Waals surface area (Å²) >= 11 is 0. The first-order valence-electron chi connectivity index (χ1n) is 3.91. The fraction of sp³-hybridized carbons (Fsp3) is 0.125. The lowest BCUT2D eigenvalue weighted by Gasteiger charge is -1.97. The summed E-state index contributed by atoms with van der Waals surface area (Å²) in [7, 11) is 1.30. The molecule has 0 saturated carbocycles. The summed E-state index contributed by atoms with van der Waals surface area (Å²) in [5, 5.41) is 6.44. The number of nitrogens with zero attached hydrogens (tertiary/aromatic N) is 2. The van der Waals surface area contributed by atoms with E-state index in [1.54, 1.807) is 12.1 Å². The molecule has 0 aromatic carbocycles. The van der Waals surface area contributed by atoms with E-state index in [0.29, 0.717) is 11.0 Å². The normalized spacial score (nSPS) is 10.4. The number of carbonyl (C=O) groups is 1. The molecule has 0 spiro atoms. The number of nitrogens with two attached hydrogens (primary N) is 1.